The summed E-state index contributed by atoms with van der Waals surface area (Å²) in [6.45, 7) is 11.2. The number of hydrogen-bond donors (Lipinski definition) is 0. The van der Waals surface area contributed by atoms with Crippen molar-refractivity contribution in [1.29, 1.82) is 5.26 Å². The highest BCUT2D eigenvalue weighted by molar-refractivity contribution is 5.51. The number of nitrogens with zero attached hydrogens (tertiary/aromatic N) is 3. The number of rotatable bonds is 2. The minimum Gasteiger partial charge on any atom is -0.369 e. The summed E-state index contributed by atoms with van der Waals surface area (Å²) in [6, 6.07) is 7.43. The van der Waals surface area contributed by atoms with E-state index in [0.29, 0.717) is 22.7 Å². The molecule has 0 N–H and O–H groups in total. The second-order valence-electron chi connectivity index (χ2n) is 8.34. The third kappa shape index (κ3) is 3.57. The van der Waals surface area contributed by atoms with Gasteiger partial charge in [-0.05, 0) is 55.3 Å². The molecule has 2 aliphatic rings. The third-order valence-corrected chi connectivity index (χ3v) is 5.84. The third-order valence-electron chi connectivity index (χ3n) is 5.84. The van der Waals surface area contributed by atoms with Gasteiger partial charge >= 0.3 is 0 Å². The summed E-state index contributed by atoms with van der Waals surface area (Å²) < 4.78 is 14.2. The highest BCUT2D eigenvalue weighted by atomic mass is 19.1. The number of benzene rings is 1. The molecule has 0 spiro atoms. The molecule has 2 fully saturated rings. The van der Waals surface area contributed by atoms with Gasteiger partial charge in [-0.15, -0.1) is 0 Å². The lowest BCUT2D eigenvalue weighted by Gasteiger charge is -2.38. The van der Waals surface area contributed by atoms with Crippen LogP contribution in [-0.2, 0) is 0 Å². The Morgan fingerprint density at radius 1 is 1.12 bits per heavy atom. The van der Waals surface area contributed by atoms with E-state index in [0.717, 1.165) is 31.8 Å². The molecule has 0 bridgehead atoms. The molecule has 0 aromatic heterocycles. The highest BCUT2D eigenvalue weighted by Crippen LogP contribution is 2.36. The van der Waals surface area contributed by atoms with Crippen LogP contribution >= 0.6 is 0 Å². The second kappa shape index (κ2) is 6.72. The van der Waals surface area contributed by atoms with Crippen LogP contribution in [0.3, 0.4) is 0 Å². The monoisotopic (exact) mass is 329 g/mol. The van der Waals surface area contributed by atoms with E-state index in [1.54, 1.807) is 12.1 Å². The molecule has 24 heavy (non-hydrogen) atoms. The minimum absolute atomic E-state index is 0.276. The molecule has 130 valence electrons. The summed E-state index contributed by atoms with van der Waals surface area (Å²) in [4.78, 5) is 4.78. The van der Waals surface area contributed by atoms with Crippen molar-refractivity contribution in [3.8, 4) is 6.07 Å². The van der Waals surface area contributed by atoms with Crippen LogP contribution in [0.4, 0.5) is 10.1 Å². The van der Waals surface area contributed by atoms with E-state index in [4.69, 9.17) is 5.26 Å². The van der Waals surface area contributed by atoms with E-state index < -0.39 is 0 Å². The van der Waals surface area contributed by atoms with Gasteiger partial charge in [0.2, 0.25) is 0 Å². The number of nitriles is 1. The van der Waals surface area contributed by atoms with Crippen molar-refractivity contribution in [1.82, 2.24) is 4.90 Å². The maximum Gasteiger partial charge on any atom is 0.147 e. The standard InChI is InChI=1S/C20H28FN3/c1-20(2,3)16-6-9-24(14-16)17-7-10-23(11-8-17)19-5-4-15(13-22)12-18(19)21/h4-5,12,16-17H,6-11,14H2,1-3H3. The molecule has 1 unspecified atom stereocenters. The van der Waals surface area contributed by atoms with Crippen LogP contribution in [0.5, 0.6) is 0 Å². The van der Waals surface area contributed by atoms with Gasteiger partial charge in [0.05, 0.1) is 17.3 Å². The Bertz CT molecular complexity index is 621. The molecule has 0 saturated carbocycles. The molecule has 3 rings (SSSR count). The van der Waals surface area contributed by atoms with E-state index >= 15 is 0 Å². The van der Waals surface area contributed by atoms with Crippen molar-refractivity contribution in [2.75, 3.05) is 31.1 Å². The highest BCUT2D eigenvalue weighted by Gasteiger charge is 2.35. The Morgan fingerprint density at radius 2 is 1.83 bits per heavy atom. The lowest BCUT2D eigenvalue weighted by Crippen LogP contribution is -2.44. The van der Waals surface area contributed by atoms with Gasteiger partial charge in [0.1, 0.15) is 5.82 Å². The topological polar surface area (TPSA) is 30.3 Å². The molecule has 2 heterocycles. The van der Waals surface area contributed by atoms with E-state index in [-0.39, 0.29) is 5.82 Å². The van der Waals surface area contributed by atoms with Crippen molar-refractivity contribution in [3.05, 3.63) is 29.6 Å². The van der Waals surface area contributed by atoms with E-state index in [1.807, 2.05) is 6.07 Å². The number of halogens is 1. The van der Waals surface area contributed by atoms with Gasteiger partial charge in [-0.25, -0.2) is 4.39 Å². The summed E-state index contributed by atoms with van der Waals surface area (Å²) in [5.74, 6) is 0.507. The zero-order chi connectivity index (χ0) is 17.3. The van der Waals surface area contributed by atoms with Crippen LogP contribution in [0, 0.1) is 28.5 Å². The first-order valence-corrected chi connectivity index (χ1v) is 9.07. The van der Waals surface area contributed by atoms with Crippen molar-refractivity contribution in [3.63, 3.8) is 0 Å². The molecule has 4 heteroatoms. The maximum absolute atomic E-state index is 14.2. The second-order valence-corrected chi connectivity index (χ2v) is 8.34. The van der Waals surface area contributed by atoms with Crippen molar-refractivity contribution in [2.24, 2.45) is 11.3 Å². The van der Waals surface area contributed by atoms with E-state index in [9.17, 15) is 4.39 Å². The summed E-state index contributed by atoms with van der Waals surface area (Å²) in [6.07, 6.45) is 3.49. The van der Waals surface area contributed by atoms with Crippen molar-refractivity contribution in [2.45, 2.75) is 46.1 Å². The molecule has 2 saturated heterocycles. The van der Waals surface area contributed by atoms with Crippen LogP contribution in [0.25, 0.3) is 0 Å². The van der Waals surface area contributed by atoms with Crippen molar-refractivity contribution < 1.29 is 4.39 Å². The molecule has 0 aliphatic carbocycles. The molecule has 0 amide bonds. The lowest BCUT2D eigenvalue weighted by atomic mass is 9.80. The Morgan fingerprint density at radius 3 is 2.38 bits per heavy atom. The summed E-state index contributed by atoms with van der Waals surface area (Å²) in [5.41, 5.74) is 1.42. The van der Waals surface area contributed by atoms with Gasteiger partial charge in [0, 0.05) is 25.7 Å². The van der Waals surface area contributed by atoms with Crippen LogP contribution in [0.1, 0.15) is 45.6 Å². The molecule has 0 radical (unpaired) electrons. The summed E-state index contributed by atoms with van der Waals surface area (Å²) in [7, 11) is 0. The Labute approximate surface area is 145 Å². The fourth-order valence-electron chi connectivity index (χ4n) is 4.13. The lowest BCUT2D eigenvalue weighted by molar-refractivity contribution is 0.174. The Hall–Kier alpha value is -1.60. The Balaban J connectivity index is 1.58. The van der Waals surface area contributed by atoms with Gasteiger partial charge in [0.25, 0.3) is 0 Å². The van der Waals surface area contributed by atoms with Gasteiger partial charge in [-0.3, -0.25) is 4.90 Å². The van der Waals surface area contributed by atoms with Gasteiger partial charge in [-0.1, -0.05) is 20.8 Å². The van der Waals surface area contributed by atoms with Crippen LogP contribution < -0.4 is 4.90 Å². The maximum atomic E-state index is 14.2. The van der Waals surface area contributed by atoms with Crippen LogP contribution in [0.15, 0.2) is 18.2 Å². The van der Waals surface area contributed by atoms with E-state index in [2.05, 4.69) is 30.6 Å². The zero-order valence-corrected chi connectivity index (χ0v) is 15.1. The molecule has 2 aliphatic heterocycles. The quantitative estimate of drug-likeness (QED) is 0.820. The minimum atomic E-state index is -0.276. The first-order valence-electron chi connectivity index (χ1n) is 9.07. The molecule has 1 aromatic carbocycles. The molecule has 1 aromatic rings. The fourth-order valence-corrected chi connectivity index (χ4v) is 4.13. The van der Waals surface area contributed by atoms with Gasteiger partial charge in [0.15, 0.2) is 0 Å². The Kier molecular flexibility index (Phi) is 4.83. The molecule has 1 atom stereocenters. The predicted octanol–water partition coefficient (Wildman–Crippen LogP) is 4.03. The first-order chi connectivity index (χ1) is 11.4. The van der Waals surface area contributed by atoms with Crippen molar-refractivity contribution >= 4 is 5.69 Å². The van der Waals surface area contributed by atoms with Crippen LogP contribution in [0.2, 0.25) is 0 Å². The predicted molar refractivity (Wildman–Crippen MR) is 95.5 cm³/mol. The molecular weight excluding hydrogens is 301 g/mol. The summed E-state index contributed by atoms with van der Waals surface area (Å²) >= 11 is 0. The zero-order valence-electron chi connectivity index (χ0n) is 15.1. The normalized spacial score (nSPS) is 23.5. The van der Waals surface area contributed by atoms with Crippen LogP contribution in [-0.4, -0.2) is 37.1 Å². The largest absolute Gasteiger partial charge is 0.369 e. The average Bonchev–Trinajstić information content (AvgIpc) is 3.05. The molecule has 3 nitrogen and oxygen atoms in total. The molecular formula is C20H28FN3. The van der Waals surface area contributed by atoms with E-state index in [1.165, 1.54) is 25.6 Å². The smallest absolute Gasteiger partial charge is 0.147 e. The fraction of sp³-hybridized carbons (Fsp3) is 0.650. The SMILES string of the molecule is CC(C)(C)C1CCN(C2CCN(c3ccc(C#N)cc3F)CC2)C1. The number of likely N-dealkylation sites (tertiary alicyclic amines) is 1. The number of piperidine rings is 1. The number of hydrogen-bond acceptors (Lipinski definition) is 3. The van der Waals surface area contributed by atoms with Gasteiger partial charge in [-0.2, -0.15) is 5.26 Å². The van der Waals surface area contributed by atoms with Gasteiger partial charge < -0.3 is 4.90 Å². The average molecular weight is 329 g/mol. The number of anilines is 1. The summed E-state index contributed by atoms with van der Waals surface area (Å²) in [5, 5.41) is 8.86. The first kappa shape index (κ1) is 17.2.